The Morgan fingerprint density at radius 3 is 2.71 bits per heavy atom. The highest BCUT2D eigenvalue weighted by Gasteiger charge is 2.44. The molecule has 3 atom stereocenters. The number of fused-ring (bicyclic) bond motifs is 1. The second-order valence-electron chi connectivity index (χ2n) is 7.89. The molecule has 3 fully saturated rings. The molecule has 4 heteroatoms. The highest BCUT2D eigenvalue weighted by atomic mass is 16.5. The van der Waals surface area contributed by atoms with E-state index >= 15 is 0 Å². The predicted octanol–water partition coefficient (Wildman–Crippen LogP) is 2.98. The molecule has 1 N–H and O–H groups in total. The molecule has 2 aliphatic heterocycles. The molecule has 0 unspecified atom stereocenters. The summed E-state index contributed by atoms with van der Waals surface area (Å²) in [6.07, 6.45) is 14.4. The summed E-state index contributed by atoms with van der Waals surface area (Å²) < 4.78 is 6.33. The molecule has 0 aromatic carbocycles. The fourth-order valence-electron chi connectivity index (χ4n) is 4.70. The maximum absolute atomic E-state index is 6.33. The number of rotatable bonds is 6. The van der Waals surface area contributed by atoms with E-state index in [-0.39, 0.29) is 0 Å². The van der Waals surface area contributed by atoms with Crippen LogP contribution >= 0.6 is 0 Å². The van der Waals surface area contributed by atoms with E-state index in [0.29, 0.717) is 18.2 Å². The lowest BCUT2D eigenvalue weighted by Gasteiger charge is -2.53. The molecule has 1 aliphatic carbocycles. The lowest BCUT2D eigenvalue weighted by molar-refractivity contribution is -0.169. The molecule has 4 rings (SSSR count). The van der Waals surface area contributed by atoms with Crippen LogP contribution in [0.15, 0.2) is 24.5 Å². The number of likely N-dealkylation sites (tertiary alicyclic amines) is 1. The normalized spacial score (nSPS) is 31.4. The van der Waals surface area contributed by atoms with Gasteiger partial charge in [0, 0.05) is 44.6 Å². The molecule has 2 saturated heterocycles. The Balaban J connectivity index is 1.16. The Labute approximate surface area is 146 Å². The molecule has 132 valence electrons. The van der Waals surface area contributed by atoms with Crippen LogP contribution in [0.1, 0.15) is 50.5 Å². The van der Waals surface area contributed by atoms with Crippen LogP contribution in [0.3, 0.4) is 0 Å². The van der Waals surface area contributed by atoms with Gasteiger partial charge in [0.2, 0.25) is 0 Å². The van der Waals surface area contributed by atoms with Crippen LogP contribution in [0.5, 0.6) is 0 Å². The van der Waals surface area contributed by atoms with Crippen LogP contribution in [-0.4, -0.2) is 47.8 Å². The zero-order valence-electron chi connectivity index (χ0n) is 14.7. The maximum atomic E-state index is 6.33. The number of nitrogens with zero attached hydrogens (tertiary/aromatic N) is 2. The first-order valence-corrected chi connectivity index (χ1v) is 9.87. The topological polar surface area (TPSA) is 37.4 Å². The third kappa shape index (κ3) is 3.98. The second-order valence-corrected chi connectivity index (χ2v) is 7.89. The molecule has 4 nitrogen and oxygen atoms in total. The van der Waals surface area contributed by atoms with Crippen molar-refractivity contribution < 1.29 is 4.74 Å². The van der Waals surface area contributed by atoms with Gasteiger partial charge < -0.3 is 10.1 Å². The van der Waals surface area contributed by atoms with E-state index in [1.807, 2.05) is 12.4 Å². The zero-order valence-corrected chi connectivity index (χ0v) is 14.7. The molecule has 24 heavy (non-hydrogen) atoms. The van der Waals surface area contributed by atoms with Crippen LogP contribution in [0.4, 0.5) is 0 Å². The third-order valence-electron chi connectivity index (χ3n) is 6.13. The third-order valence-corrected chi connectivity index (χ3v) is 6.13. The quantitative estimate of drug-likeness (QED) is 0.871. The van der Waals surface area contributed by atoms with Crippen LogP contribution in [0.2, 0.25) is 0 Å². The van der Waals surface area contributed by atoms with Gasteiger partial charge in [-0.2, -0.15) is 0 Å². The molecule has 0 bridgehead atoms. The summed E-state index contributed by atoms with van der Waals surface area (Å²) in [7, 11) is 0. The summed E-state index contributed by atoms with van der Waals surface area (Å²) >= 11 is 0. The summed E-state index contributed by atoms with van der Waals surface area (Å²) in [6, 6.07) is 4.85. The average molecular weight is 329 g/mol. The molecule has 1 aromatic rings. The summed E-state index contributed by atoms with van der Waals surface area (Å²) in [5.74, 6) is 0.958. The molecular formula is C20H31N3O. The Kier molecular flexibility index (Phi) is 5.46. The molecule has 0 radical (unpaired) electrons. The highest BCUT2D eigenvalue weighted by Crippen LogP contribution is 2.34. The molecule has 1 saturated carbocycles. The van der Waals surface area contributed by atoms with Crippen molar-refractivity contribution in [3.05, 3.63) is 30.1 Å². The molecule has 0 amide bonds. The van der Waals surface area contributed by atoms with E-state index in [1.165, 1.54) is 63.6 Å². The first-order valence-electron chi connectivity index (χ1n) is 9.87. The van der Waals surface area contributed by atoms with E-state index < -0.39 is 0 Å². The zero-order chi connectivity index (χ0) is 16.2. The van der Waals surface area contributed by atoms with E-state index in [2.05, 4.69) is 27.3 Å². The van der Waals surface area contributed by atoms with Gasteiger partial charge in [0.25, 0.3) is 0 Å². The molecule has 0 spiro atoms. The Morgan fingerprint density at radius 1 is 1.08 bits per heavy atom. The Morgan fingerprint density at radius 2 is 1.92 bits per heavy atom. The van der Waals surface area contributed by atoms with Crippen molar-refractivity contribution in [2.24, 2.45) is 5.92 Å². The smallest absolute Gasteiger partial charge is 0.0861 e. The van der Waals surface area contributed by atoms with Crippen molar-refractivity contribution in [3.63, 3.8) is 0 Å². The number of pyridine rings is 1. The van der Waals surface area contributed by atoms with Crippen LogP contribution in [-0.2, 0) is 11.3 Å². The minimum atomic E-state index is 0.393. The highest BCUT2D eigenvalue weighted by molar-refractivity contribution is 5.09. The van der Waals surface area contributed by atoms with Gasteiger partial charge in [0.05, 0.1) is 12.2 Å². The van der Waals surface area contributed by atoms with E-state index in [9.17, 15) is 0 Å². The first-order chi connectivity index (χ1) is 11.9. The molecule has 3 heterocycles. The standard InChI is InChI=1S/C20H31N3O/c1-2-4-17(5-3-1)14-23-15-20-19(23)7-6-18(24-20)13-22-12-16-8-10-21-11-9-16/h8-11,17-20,22H,1-7,12-15H2/t18-,19+,20+/m0/s1. The van der Waals surface area contributed by atoms with Crippen molar-refractivity contribution in [1.29, 1.82) is 0 Å². The Hall–Kier alpha value is -0.970. The monoisotopic (exact) mass is 329 g/mol. The van der Waals surface area contributed by atoms with E-state index in [4.69, 9.17) is 4.74 Å². The van der Waals surface area contributed by atoms with Gasteiger partial charge in [-0.05, 0) is 49.3 Å². The van der Waals surface area contributed by atoms with Crippen molar-refractivity contribution in [2.75, 3.05) is 19.6 Å². The van der Waals surface area contributed by atoms with Gasteiger partial charge in [0.15, 0.2) is 0 Å². The Bertz CT molecular complexity index is 503. The van der Waals surface area contributed by atoms with Gasteiger partial charge in [-0.15, -0.1) is 0 Å². The van der Waals surface area contributed by atoms with Crippen molar-refractivity contribution in [3.8, 4) is 0 Å². The summed E-state index contributed by atoms with van der Waals surface area (Å²) in [6.45, 7) is 4.37. The van der Waals surface area contributed by atoms with Crippen molar-refractivity contribution >= 4 is 0 Å². The fraction of sp³-hybridized carbons (Fsp3) is 0.750. The summed E-state index contributed by atoms with van der Waals surface area (Å²) in [5, 5.41) is 3.54. The van der Waals surface area contributed by atoms with E-state index in [0.717, 1.165) is 19.0 Å². The lowest BCUT2D eigenvalue weighted by atomic mass is 9.84. The largest absolute Gasteiger partial charge is 0.371 e. The number of aromatic nitrogens is 1. The number of ether oxygens (including phenoxy) is 1. The maximum Gasteiger partial charge on any atom is 0.0861 e. The fourth-order valence-corrected chi connectivity index (χ4v) is 4.70. The van der Waals surface area contributed by atoms with Crippen LogP contribution in [0.25, 0.3) is 0 Å². The van der Waals surface area contributed by atoms with Gasteiger partial charge in [-0.25, -0.2) is 0 Å². The van der Waals surface area contributed by atoms with Crippen LogP contribution in [0, 0.1) is 5.92 Å². The van der Waals surface area contributed by atoms with Gasteiger partial charge >= 0.3 is 0 Å². The molecular weight excluding hydrogens is 298 g/mol. The summed E-state index contributed by atoms with van der Waals surface area (Å²) in [5.41, 5.74) is 1.29. The van der Waals surface area contributed by atoms with Gasteiger partial charge in [-0.1, -0.05) is 19.3 Å². The second kappa shape index (κ2) is 7.94. The minimum Gasteiger partial charge on any atom is -0.371 e. The molecule has 1 aromatic heterocycles. The number of hydrogen-bond donors (Lipinski definition) is 1. The predicted molar refractivity (Wildman–Crippen MR) is 95.8 cm³/mol. The van der Waals surface area contributed by atoms with Gasteiger partial charge in [-0.3, -0.25) is 9.88 Å². The van der Waals surface area contributed by atoms with Gasteiger partial charge in [0.1, 0.15) is 0 Å². The minimum absolute atomic E-state index is 0.393. The lowest BCUT2D eigenvalue weighted by Crippen LogP contribution is -2.65. The number of hydrogen-bond acceptors (Lipinski definition) is 4. The van der Waals surface area contributed by atoms with E-state index in [1.54, 1.807) is 0 Å². The summed E-state index contributed by atoms with van der Waals surface area (Å²) in [4.78, 5) is 6.77. The molecule has 3 aliphatic rings. The van der Waals surface area contributed by atoms with Crippen molar-refractivity contribution in [2.45, 2.75) is 69.7 Å². The van der Waals surface area contributed by atoms with Crippen molar-refractivity contribution in [1.82, 2.24) is 15.2 Å². The SMILES string of the molecule is c1cc(CNC[C@@H]2CC[C@@H]3[C@@H](CN3CC3CCCCC3)O2)ccn1. The average Bonchev–Trinajstić information content (AvgIpc) is 2.62. The number of nitrogens with one attached hydrogen (secondary N) is 1. The van der Waals surface area contributed by atoms with Crippen LogP contribution < -0.4 is 5.32 Å². The first kappa shape index (κ1) is 16.5.